The van der Waals surface area contributed by atoms with Crippen LogP contribution in [-0.4, -0.2) is 46.0 Å². The number of hydrogen-bond acceptors (Lipinski definition) is 5. The molecule has 0 radical (unpaired) electrons. The summed E-state index contributed by atoms with van der Waals surface area (Å²) in [6.07, 6.45) is 1.79. The number of nitrogens with zero attached hydrogens (tertiary/aromatic N) is 5. The maximum atomic E-state index is 4.88. The smallest absolute Gasteiger partial charge is 0.180 e. The minimum atomic E-state index is 0.709. The van der Waals surface area contributed by atoms with Crippen LogP contribution in [0.25, 0.3) is 11.5 Å². The van der Waals surface area contributed by atoms with Gasteiger partial charge in [0.2, 0.25) is 0 Å². The molecule has 2 aromatic heterocycles. The quantitative estimate of drug-likeness (QED) is 0.696. The largest absolute Gasteiger partial charge is 0.354 e. The maximum Gasteiger partial charge on any atom is 0.180 e. The van der Waals surface area contributed by atoms with E-state index in [9.17, 15) is 0 Å². The Hall–Kier alpha value is -2.79. The molecule has 4 rings (SSSR count). The molecule has 1 aliphatic heterocycles. The molecule has 28 heavy (non-hydrogen) atoms. The molecule has 5 heteroatoms. The molecular weight excluding hydrogens is 346 g/mol. The van der Waals surface area contributed by atoms with Gasteiger partial charge in [0.25, 0.3) is 0 Å². The summed E-state index contributed by atoms with van der Waals surface area (Å²) in [5, 5.41) is 0. The zero-order chi connectivity index (χ0) is 19.5. The summed E-state index contributed by atoms with van der Waals surface area (Å²) in [5.74, 6) is 1.75. The number of hydrogen-bond donors (Lipinski definition) is 0. The fourth-order valence-electron chi connectivity index (χ4n) is 3.68. The van der Waals surface area contributed by atoms with Crippen LogP contribution < -0.4 is 4.90 Å². The minimum Gasteiger partial charge on any atom is -0.354 e. The standard InChI is InChI=1S/C23H27N5/c1-17-8-4-5-9-20(17)16-27-12-14-28(15-13-27)23-18(2)19(3)25-22(26-23)21-10-6-7-11-24-21/h4-11H,12-16H2,1-3H3. The first-order valence-electron chi connectivity index (χ1n) is 9.90. The van der Waals surface area contributed by atoms with Gasteiger partial charge >= 0.3 is 0 Å². The summed E-state index contributed by atoms with van der Waals surface area (Å²) < 4.78 is 0. The number of anilines is 1. The molecular formula is C23H27N5. The van der Waals surface area contributed by atoms with Crippen molar-refractivity contribution >= 4 is 5.82 Å². The van der Waals surface area contributed by atoms with E-state index in [0.29, 0.717) is 5.82 Å². The molecule has 3 aromatic rings. The van der Waals surface area contributed by atoms with Crippen LogP contribution in [0.3, 0.4) is 0 Å². The lowest BCUT2D eigenvalue weighted by molar-refractivity contribution is 0.249. The summed E-state index contributed by atoms with van der Waals surface area (Å²) in [4.78, 5) is 18.9. The Bertz CT molecular complexity index is 946. The van der Waals surface area contributed by atoms with E-state index in [1.807, 2.05) is 18.2 Å². The van der Waals surface area contributed by atoms with E-state index in [4.69, 9.17) is 4.98 Å². The van der Waals surface area contributed by atoms with Crippen LogP contribution in [0.5, 0.6) is 0 Å². The number of aryl methyl sites for hydroxylation is 2. The summed E-state index contributed by atoms with van der Waals surface area (Å²) in [5.41, 5.74) is 5.79. The Labute approximate surface area is 167 Å². The minimum absolute atomic E-state index is 0.709. The van der Waals surface area contributed by atoms with Gasteiger partial charge in [-0.1, -0.05) is 30.3 Å². The van der Waals surface area contributed by atoms with Gasteiger partial charge in [0.15, 0.2) is 5.82 Å². The predicted molar refractivity (Wildman–Crippen MR) is 113 cm³/mol. The van der Waals surface area contributed by atoms with Crippen molar-refractivity contribution in [2.75, 3.05) is 31.1 Å². The van der Waals surface area contributed by atoms with Gasteiger partial charge in [0.1, 0.15) is 11.5 Å². The van der Waals surface area contributed by atoms with Crippen LogP contribution in [0.4, 0.5) is 5.82 Å². The van der Waals surface area contributed by atoms with E-state index in [0.717, 1.165) is 55.5 Å². The lowest BCUT2D eigenvalue weighted by atomic mass is 10.1. The highest BCUT2D eigenvalue weighted by Gasteiger charge is 2.22. The van der Waals surface area contributed by atoms with E-state index < -0.39 is 0 Å². The van der Waals surface area contributed by atoms with Gasteiger partial charge in [0.05, 0.1) is 0 Å². The van der Waals surface area contributed by atoms with E-state index in [1.165, 1.54) is 11.1 Å². The predicted octanol–water partition coefficient (Wildman–Crippen LogP) is 3.79. The Morgan fingerprint density at radius 1 is 0.857 bits per heavy atom. The second-order valence-electron chi connectivity index (χ2n) is 7.49. The van der Waals surface area contributed by atoms with Crippen LogP contribution in [0.15, 0.2) is 48.7 Å². The molecule has 0 atom stereocenters. The fraction of sp³-hybridized carbons (Fsp3) is 0.348. The van der Waals surface area contributed by atoms with Gasteiger partial charge in [-0.2, -0.15) is 0 Å². The third kappa shape index (κ3) is 3.90. The van der Waals surface area contributed by atoms with E-state index in [-0.39, 0.29) is 0 Å². The molecule has 0 unspecified atom stereocenters. The lowest BCUT2D eigenvalue weighted by Gasteiger charge is -2.36. The molecule has 3 heterocycles. The third-order valence-corrected chi connectivity index (χ3v) is 5.58. The highest BCUT2D eigenvalue weighted by Crippen LogP contribution is 2.25. The van der Waals surface area contributed by atoms with E-state index in [2.05, 4.69) is 64.8 Å². The first kappa shape index (κ1) is 18.6. The van der Waals surface area contributed by atoms with Crippen LogP contribution in [0, 0.1) is 20.8 Å². The summed E-state index contributed by atoms with van der Waals surface area (Å²) in [6.45, 7) is 11.4. The molecule has 0 amide bonds. The van der Waals surface area contributed by atoms with Gasteiger partial charge in [-0.3, -0.25) is 9.88 Å². The van der Waals surface area contributed by atoms with Crippen molar-refractivity contribution in [2.45, 2.75) is 27.3 Å². The van der Waals surface area contributed by atoms with Crippen LogP contribution >= 0.6 is 0 Å². The molecule has 1 fully saturated rings. The number of benzene rings is 1. The SMILES string of the molecule is Cc1ccccc1CN1CCN(c2nc(-c3ccccn3)nc(C)c2C)CC1. The van der Waals surface area contributed by atoms with Crippen molar-refractivity contribution < 1.29 is 0 Å². The molecule has 0 spiro atoms. The molecule has 1 saturated heterocycles. The fourth-order valence-corrected chi connectivity index (χ4v) is 3.68. The van der Waals surface area contributed by atoms with Crippen molar-refractivity contribution in [1.29, 1.82) is 0 Å². The topological polar surface area (TPSA) is 45.2 Å². The molecule has 1 aliphatic rings. The molecule has 0 saturated carbocycles. The zero-order valence-electron chi connectivity index (χ0n) is 16.9. The van der Waals surface area contributed by atoms with Crippen molar-refractivity contribution in [2.24, 2.45) is 0 Å². The number of pyridine rings is 1. The molecule has 0 N–H and O–H groups in total. The second kappa shape index (κ2) is 8.07. The summed E-state index contributed by atoms with van der Waals surface area (Å²) in [7, 11) is 0. The van der Waals surface area contributed by atoms with Gasteiger partial charge in [-0.25, -0.2) is 9.97 Å². The molecule has 0 aliphatic carbocycles. The number of piperazine rings is 1. The third-order valence-electron chi connectivity index (χ3n) is 5.58. The molecule has 144 valence electrons. The van der Waals surface area contributed by atoms with E-state index >= 15 is 0 Å². The molecule has 5 nitrogen and oxygen atoms in total. The van der Waals surface area contributed by atoms with Gasteiger partial charge in [0, 0.05) is 50.2 Å². The van der Waals surface area contributed by atoms with Crippen molar-refractivity contribution in [3.05, 3.63) is 71.0 Å². The summed E-state index contributed by atoms with van der Waals surface area (Å²) in [6, 6.07) is 14.5. The Morgan fingerprint density at radius 3 is 2.32 bits per heavy atom. The van der Waals surface area contributed by atoms with Gasteiger partial charge in [-0.15, -0.1) is 0 Å². The normalized spacial score (nSPS) is 15.0. The number of rotatable bonds is 4. The Morgan fingerprint density at radius 2 is 1.61 bits per heavy atom. The van der Waals surface area contributed by atoms with Gasteiger partial charge in [-0.05, 0) is 44.0 Å². The zero-order valence-corrected chi connectivity index (χ0v) is 16.9. The average molecular weight is 374 g/mol. The van der Waals surface area contributed by atoms with Crippen LogP contribution in [-0.2, 0) is 6.54 Å². The monoisotopic (exact) mass is 373 g/mol. The molecule has 0 bridgehead atoms. The van der Waals surface area contributed by atoms with Crippen molar-refractivity contribution in [3.8, 4) is 11.5 Å². The molecule has 1 aromatic carbocycles. The number of aromatic nitrogens is 3. The first-order valence-corrected chi connectivity index (χ1v) is 9.90. The highest BCUT2D eigenvalue weighted by atomic mass is 15.3. The van der Waals surface area contributed by atoms with Crippen LogP contribution in [0.2, 0.25) is 0 Å². The second-order valence-corrected chi connectivity index (χ2v) is 7.49. The van der Waals surface area contributed by atoms with Crippen molar-refractivity contribution in [1.82, 2.24) is 19.9 Å². The summed E-state index contributed by atoms with van der Waals surface area (Å²) >= 11 is 0. The maximum absolute atomic E-state index is 4.88. The van der Waals surface area contributed by atoms with E-state index in [1.54, 1.807) is 6.20 Å². The van der Waals surface area contributed by atoms with Gasteiger partial charge < -0.3 is 4.90 Å². The Kier molecular flexibility index (Phi) is 5.35. The highest BCUT2D eigenvalue weighted by molar-refractivity contribution is 5.57. The lowest BCUT2D eigenvalue weighted by Crippen LogP contribution is -2.46. The van der Waals surface area contributed by atoms with Crippen LogP contribution in [0.1, 0.15) is 22.4 Å². The first-order chi connectivity index (χ1) is 13.6. The average Bonchev–Trinajstić information content (AvgIpc) is 2.73. The Balaban J connectivity index is 1.50. The van der Waals surface area contributed by atoms with Crippen molar-refractivity contribution in [3.63, 3.8) is 0 Å².